The Bertz CT molecular complexity index is 533. The third-order valence-electron chi connectivity index (χ3n) is 3.99. The maximum absolute atomic E-state index is 5.32. The van der Waals surface area contributed by atoms with Crippen LogP contribution in [0, 0.1) is 12.8 Å². The van der Waals surface area contributed by atoms with Gasteiger partial charge < -0.3 is 10.6 Å². The number of hydrazine groups is 1. The van der Waals surface area contributed by atoms with Crippen molar-refractivity contribution in [1.82, 2.24) is 16.2 Å². The molecule has 1 saturated carbocycles. The Morgan fingerprint density at radius 1 is 1.09 bits per heavy atom. The summed E-state index contributed by atoms with van der Waals surface area (Å²) in [5.41, 5.74) is 8.02. The quantitative estimate of drug-likeness (QED) is 0.491. The molecule has 0 amide bonds. The van der Waals surface area contributed by atoms with Crippen LogP contribution in [0.3, 0.4) is 0 Å². The molecule has 0 saturated heterocycles. The molecule has 0 aliphatic heterocycles. The van der Waals surface area contributed by atoms with Crippen molar-refractivity contribution < 1.29 is 0 Å². The van der Waals surface area contributed by atoms with Crippen LogP contribution in [0.4, 0.5) is 5.69 Å². The second kappa shape index (κ2) is 8.29. The van der Waals surface area contributed by atoms with Crippen LogP contribution in [0.5, 0.6) is 0 Å². The van der Waals surface area contributed by atoms with Gasteiger partial charge in [-0.25, -0.2) is 0 Å². The smallest absolute Gasteiger partial charge is 0.189 e. The molecule has 1 aliphatic carbocycles. The van der Waals surface area contributed by atoms with Crippen molar-refractivity contribution in [3.8, 4) is 0 Å². The summed E-state index contributed by atoms with van der Waals surface area (Å²) in [5.74, 6) is 0.658. The predicted octanol–water partition coefficient (Wildman–Crippen LogP) is 3.24. The minimum absolute atomic E-state index is 0.453. The van der Waals surface area contributed by atoms with E-state index in [0.717, 1.165) is 5.69 Å². The zero-order valence-corrected chi connectivity index (χ0v) is 14.7. The van der Waals surface area contributed by atoms with Gasteiger partial charge in [-0.15, -0.1) is 0 Å². The molecular weight excluding hydrogens is 312 g/mol. The summed E-state index contributed by atoms with van der Waals surface area (Å²) in [6.45, 7) is 4.32. The minimum Gasteiger partial charge on any atom is -0.358 e. The molecule has 4 N–H and O–H groups in total. The zero-order chi connectivity index (χ0) is 15.9. The molecule has 1 aromatic carbocycles. The summed E-state index contributed by atoms with van der Waals surface area (Å²) in [5, 5.41) is 7.57. The lowest BCUT2D eigenvalue weighted by molar-refractivity contribution is 0.308. The molecule has 2 rings (SSSR count). The van der Waals surface area contributed by atoms with Crippen molar-refractivity contribution in [3.63, 3.8) is 0 Å². The monoisotopic (exact) mass is 336 g/mol. The van der Waals surface area contributed by atoms with E-state index < -0.39 is 0 Å². The van der Waals surface area contributed by atoms with E-state index in [1.807, 2.05) is 31.2 Å². The number of nitrogens with one attached hydrogen (secondary N) is 4. The molecule has 1 aliphatic rings. The van der Waals surface area contributed by atoms with Crippen LogP contribution in [0.2, 0.25) is 0 Å². The van der Waals surface area contributed by atoms with Gasteiger partial charge in [-0.1, -0.05) is 31.9 Å². The fourth-order valence-corrected chi connectivity index (χ4v) is 3.11. The summed E-state index contributed by atoms with van der Waals surface area (Å²) in [7, 11) is 0. The van der Waals surface area contributed by atoms with Gasteiger partial charge in [0.25, 0.3) is 0 Å². The summed E-state index contributed by atoms with van der Waals surface area (Å²) < 4.78 is 0. The molecule has 22 heavy (non-hydrogen) atoms. The summed E-state index contributed by atoms with van der Waals surface area (Å²) >= 11 is 10.6. The van der Waals surface area contributed by atoms with E-state index in [2.05, 4.69) is 28.4 Å². The van der Waals surface area contributed by atoms with Gasteiger partial charge in [0, 0.05) is 11.7 Å². The molecule has 0 heterocycles. The van der Waals surface area contributed by atoms with E-state index in [1.165, 1.54) is 31.2 Å². The van der Waals surface area contributed by atoms with E-state index in [-0.39, 0.29) is 0 Å². The van der Waals surface area contributed by atoms with Crippen molar-refractivity contribution in [3.05, 3.63) is 29.8 Å². The van der Waals surface area contributed by atoms with Crippen molar-refractivity contribution in [2.24, 2.45) is 5.92 Å². The van der Waals surface area contributed by atoms with E-state index in [1.54, 1.807) is 0 Å². The second-order valence-corrected chi connectivity index (χ2v) is 6.73. The molecule has 120 valence electrons. The lowest BCUT2D eigenvalue weighted by atomic mass is 9.86. The molecule has 0 bridgehead atoms. The first-order valence-electron chi connectivity index (χ1n) is 7.75. The Labute approximate surface area is 143 Å². The summed E-state index contributed by atoms with van der Waals surface area (Å²) in [6, 6.07) is 8.50. The first-order valence-corrected chi connectivity index (χ1v) is 8.56. The number of hydrogen-bond acceptors (Lipinski definition) is 2. The first-order chi connectivity index (χ1) is 10.5. The average molecular weight is 337 g/mol. The lowest BCUT2D eigenvalue weighted by Gasteiger charge is -2.30. The molecule has 0 radical (unpaired) electrons. The highest BCUT2D eigenvalue weighted by atomic mass is 32.1. The Morgan fingerprint density at radius 2 is 1.82 bits per heavy atom. The van der Waals surface area contributed by atoms with Crippen LogP contribution < -0.4 is 21.5 Å². The molecule has 2 atom stereocenters. The molecule has 0 spiro atoms. The van der Waals surface area contributed by atoms with Crippen LogP contribution in [-0.2, 0) is 0 Å². The van der Waals surface area contributed by atoms with Gasteiger partial charge in [-0.05, 0) is 67.8 Å². The fourth-order valence-electron chi connectivity index (χ4n) is 2.73. The highest BCUT2D eigenvalue weighted by Crippen LogP contribution is 2.23. The molecule has 0 aromatic heterocycles. The zero-order valence-electron chi connectivity index (χ0n) is 13.1. The van der Waals surface area contributed by atoms with Crippen molar-refractivity contribution >= 4 is 40.3 Å². The first kappa shape index (κ1) is 17.0. The minimum atomic E-state index is 0.453. The summed E-state index contributed by atoms with van der Waals surface area (Å²) in [6.07, 6.45) is 5.03. The lowest BCUT2D eigenvalue weighted by Crippen LogP contribution is -2.52. The van der Waals surface area contributed by atoms with Gasteiger partial charge in [0.05, 0.1) is 0 Å². The number of anilines is 1. The molecule has 6 heteroatoms. The largest absolute Gasteiger partial charge is 0.358 e. The molecule has 4 nitrogen and oxygen atoms in total. The fraction of sp³-hybridized carbons (Fsp3) is 0.500. The third kappa shape index (κ3) is 5.42. The molecule has 0 unspecified atom stereocenters. The highest BCUT2D eigenvalue weighted by molar-refractivity contribution is 7.80. The second-order valence-electron chi connectivity index (χ2n) is 5.92. The van der Waals surface area contributed by atoms with E-state index >= 15 is 0 Å². The summed E-state index contributed by atoms with van der Waals surface area (Å²) in [4.78, 5) is 0. The number of hydrogen-bond donors (Lipinski definition) is 4. The maximum Gasteiger partial charge on any atom is 0.189 e. The normalized spacial score (nSPS) is 20.8. The molecule has 1 aromatic rings. The van der Waals surface area contributed by atoms with Crippen molar-refractivity contribution in [2.75, 3.05) is 5.32 Å². The van der Waals surface area contributed by atoms with Crippen molar-refractivity contribution in [1.29, 1.82) is 0 Å². The molecule has 1 fully saturated rings. The standard InChI is InChI=1S/C16H24N4S2/c1-11-6-5-8-13(10-11)17-15(21)19-20-16(22)18-14-9-4-3-7-12(14)2/h5-6,8,10,12,14H,3-4,7,9H2,1-2H3,(H2,17,19,21)(H2,18,20,22)/t12-,14-/m0/s1. The number of aryl methyl sites for hydroxylation is 1. The molecular formula is C16H24N4S2. The third-order valence-corrected chi connectivity index (χ3v) is 4.42. The van der Waals surface area contributed by atoms with Gasteiger partial charge in [0.2, 0.25) is 0 Å². The van der Waals surface area contributed by atoms with Crippen LogP contribution in [0.15, 0.2) is 24.3 Å². The van der Waals surface area contributed by atoms with E-state index in [4.69, 9.17) is 24.4 Å². The van der Waals surface area contributed by atoms with E-state index in [9.17, 15) is 0 Å². The van der Waals surface area contributed by atoms with E-state index in [0.29, 0.717) is 22.2 Å². The Morgan fingerprint density at radius 3 is 2.55 bits per heavy atom. The van der Waals surface area contributed by atoms with Crippen LogP contribution in [0.25, 0.3) is 0 Å². The number of thiocarbonyl (C=S) groups is 2. The number of benzene rings is 1. The average Bonchev–Trinajstić information content (AvgIpc) is 2.48. The Balaban J connectivity index is 1.72. The van der Waals surface area contributed by atoms with Gasteiger partial charge in [0.1, 0.15) is 0 Å². The van der Waals surface area contributed by atoms with Gasteiger partial charge >= 0.3 is 0 Å². The number of rotatable bonds is 2. The van der Waals surface area contributed by atoms with Gasteiger partial charge in [-0.2, -0.15) is 0 Å². The van der Waals surface area contributed by atoms with Crippen LogP contribution >= 0.6 is 24.4 Å². The topological polar surface area (TPSA) is 48.1 Å². The Kier molecular flexibility index (Phi) is 6.39. The van der Waals surface area contributed by atoms with Gasteiger partial charge in [0.15, 0.2) is 10.2 Å². The Hall–Kier alpha value is -1.40. The highest BCUT2D eigenvalue weighted by Gasteiger charge is 2.21. The van der Waals surface area contributed by atoms with Crippen LogP contribution in [-0.4, -0.2) is 16.3 Å². The maximum atomic E-state index is 5.32. The predicted molar refractivity (Wildman–Crippen MR) is 101 cm³/mol. The van der Waals surface area contributed by atoms with Crippen molar-refractivity contribution in [2.45, 2.75) is 45.6 Å². The van der Waals surface area contributed by atoms with Gasteiger partial charge in [-0.3, -0.25) is 10.9 Å². The SMILES string of the molecule is Cc1cccc(NC(=S)NNC(=S)N[C@H]2CCCC[C@@H]2C)c1. The van der Waals surface area contributed by atoms with Crippen LogP contribution in [0.1, 0.15) is 38.2 Å².